The van der Waals surface area contributed by atoms with Crippen LogP contribution in [0.1, 0.15) is 16.7 Å². The van der Waals surface area contributed by atoms with Crippen LogP contribution in [0.15, 0.2) is 54.9 Å². The lowest BCUT2D eigenvalue weighted by atomic mass is 10.1. The highest BCUT2D eigenvalue weighted by atomic mass is 19.4. The second-order valence-corrected chi connectivity index (χ2v) is 6.49. The van der Waals surface area contributed by atoms with E-state index in [1.54, 1.807) is 38.2 Å². The molecule has 0 aliphatic rings. The van der Waals surface area contributed by atoms with Crippen molar-refractivity contribution in [2.45, 2.75) is 19.5 Å². The molecule has 1 aromatic heterocycles. The Morgan fingerprint density at radius 1 is 1.10 bits per heavy atom. The van der Waals surface area contributed by atoms with Crippen molar-refractivity contribution >= 4 is 17.4 Å². The number of aryl methyl sites for hydroxylation is 1. The van der Waals surface area contributed by atoms with E-state index in [1.165, 1.54) is 18.5 Å². The van der Waals surface area contributed by atoms with Crippen LogP contribution in [0.3, 0.4) is 0 Å². The number of rotatable bonds is 6. The van der Waals surface area contributed by atoms with Crippen LogP contribution in [0.2, 0.25) is 0 Å². The molecule has 0 bridgehead atoms. The average Bonchev–Trinajstić information content (AvgIpc) is 2.70. The molecule has 0 saturated heterocycles. The molecule has 1 heterocycles. The summed E-state index contributed by atoms with van der Waals surface area (Å²) in [6.07, 6.45) is -3.25. The molecule has 30 heavy (non-hydrogen) atoms. The number of amides is 1. The number of halogens is 3. The molecule has 156 valence electrons. The van der Waals surface area contributed by atoms with Crippen LogP contribution < -0.4 is 15.4 Å². The maximum Gasteiger partial charge on any atom is 0.416 e. The second kappa shape index (κ2) is 8.81. The summed E-state index contributed by atoms with van der Waals surface area (Å²) in [7, 11) is 1.73. The normalized spacial score (nSPS) is 11.1. The number of aromatic nitrogens is 2. The van der Waals surface area contributed by atoms with Crippen LogP contribution in [-0.2, 0) is 17.4 Å². The molecule has 0 fully saturated rings. The first-order valence-electron chi connectivity index (χ1n) is 8.99. The van der Waals surface area contributed by atoms with Gasteiger partial charge in [0, 0.05) is 18.8 Å². The maximum atomic E-state index is 12.8. The maximum absolute atomic E-state index is 12.8. The fraction of sp³-hybridized carbons (Fsp3) is 0.190. The summed E-state index contributed by atoms with van der Waals surface area (Å²) < 4.78 is 44.1. The molecule has 3 rings (SSSR count). The van der Waals surface area contributed by atoms with Gasteiger partial charge >= 0.3 is 6.18 Å². The highest BCUT2D eigenvalue weighted by Crippen LogP contribution is 2.30. The van der Waals surface area contributed by atoms with E-state index in [0.29, 0.717) is 23.1 Å². The zero-order valence-electron chi connectivity index (χ0n) is 16.2. The van der Waals surface area contributed by atoms with Crippen LogP contribution >= 0.6 is 0 Å². The third kappa shape index (κ3) is 5.47. The largest absolute Gasteiger partial charge is 0.439 e. The van der Waals surface area contributed by atoms with Crippen molar-refractivity contribution < 1.29 is 22.7 Å². The van der Waals surface area contributed by atoms with E-state index in [4.69, 9.17) is 4.74 Å². The summed E-state index contributed by atoms with van der Waals surface area (Å²) >= 11 is 0. The Labute approximate surface area is 171 Å². The van der Waals surface area contributed by atoms with Gasteiger partial charge in [-0.3, -0.25) is 4.79 Å². The molecule has 3 aromatic rings. The number of anilines is 2. The Bertz CT molecular complexity index is 1050. The SMILES string of the molecule is CNc1cc(Oc2ccc(NC(=O)Cc3cccc(C(F)(F)F)c3)c(C)c2)ncn1. The first-order valence-corrected chi connectivity index (χ1v) is 8.99. The van der Waals surface area contributed by atoms with Crippen LogP contribution in [0.25, 0.3) is 0 Å². The Kier molecular flexibility index (Phi) is 6.20. The lowest BCUT2D eigenvalue weighted by Gasteiger charge is -2.12. The monoisotopic (exact) mass is 416 g/mol. The fourth-order valence-electron chi connectivity index (χ4n) is 2.73. The van der Waals surface area contributed by atoms with Crippen molar-refractivity contribution in [2.75, 3.05) is 17.7 Å². The van der Waals surface area contributed by atoms with Crippen LogP contribution in [0, 0.1) is 6.92 Å². The second-order valence-electron chi connectivity index (χ2n) is 6.49. The van der Waals surface area contributed by atoms with Crippen molar-refractivity contribution in [3.63, 3.8) is 0 Å². The van der Waals surface area contributed by atoms with Crippen LogP contribution in [0.4, 0.5) is 24.7 Å². The number of ether oxygens (including phenoxy) is 1. The predicted molar refractivity (Wildman–Crippen MR) is 107 cm³/mol. The Morgan fingerprint density at radius 2 is 1.90 bits per heavy atom. The highest BCUT2D eigenvalue weighted by Gasteiger charge is 2.30. The van der Waals surface area contributed by atoms with Crippen molar-refractivity contribution in [2.24, 2.45) is 0 Å². The van der Waals surface area contributed by atoms with E-state index in [1.807, 2.05) is 0 Å². The van der Waals surface area contributed by atoms with E-state index in [2.05, 4.69) is 20.6 Å². The lowest BCUT2D eigenvalue weighted by molar-refractivity contribution is -0.137. The first kappa shape index (κ1) is 21.1. The van der Waals surface area contributed by atoms with Gasteiger partial charge in [0.1, 0.15) is 17.9 Å². The molecule has 6 nitrogen and oxygen atoms in total. The van der Waals surface area contributed by atoms with Gasteiger partial charge in [0.15, 0.2) is 0 Å². The van der Waals surface area contributed by atoms with Crippen molar-refractivity contribution in [1.82, 2.24) is 9.97 Å². The van der Waals surface area contributed by atoms with E-state index in [-0.39, 0.29) is 12.0 Å². The average molecular weight is 416 g/mol. The van der Waals surface area contributed by atoms with Gasteiger partial charge < -0.3 is 15.4 Å². The van der Waals surface area contributed by atoms with Gasteiger partial charge in [-0.25, -0.2) is 9.97 Å². The zero-order chi connectivity index (χ0) is 21.7. The van der Waals surface area contributed by atoms with Crippen molar-refractivity contribution in [1.29, 1.82) is 0 Å². The third-order valence-electron chi connectivity index (χ3n) is 4.21. The van der Waals surface area contributed by atoms with Gasteiger partial charge in [-0.05, 0) is 42.3 Å². The standard InChI is InChI=1S/C21H19F3N4O2/c1-13-8-16(30-20-11-18(25-2)26-12-27-20)6-7-17(13)28-19(29)10-14-4-3-5-15(9-14)21(22,23)24/h3-9,11-12H,10H2,1-2H3,(H,28,29)(H,25,26,27). The van der Waals surface area contributed by atoms with Crippen molar-refractivity contribution in [3.05, 3.63) is 71.5 Å². The summed E-state index contributed by atoms with van der Waals surface area (Å²) in [6.45, 7) is 1.78. The van der Waals surface area contributed by atoms with E-state index >= 15 is 0 Å². The van der Waals surface area contributed by atoms with Gasteiger partial charge in [-0.1, -0.05) is 18.2 Å². The van der Waals surface area contributed by atoms with Crippen LogP contribution in [0.5, 0.6) is 11.6 Å². The quantitative estimate of drug-likeness (QED) is 0.603. The number of hydrogen-bond acceptors (Lipinski definition) is 5. The summed E-state index contributed by atoms with van der Waals surface area (Å²) in [4.78, 5) is 20.3. The minimum Gasteiger partial charge on any atom is -0.439 e. The van der Waals surface area contributed by atoms with Gasteiger partial charge in [-0.2, -0.15) is 13.2 Å². The lowest BCUT2D eigenvalue weighted by Crippen LogP contribution is -2.15. The fourth-order valence-corrected chi connectivity index (χ4v) is 2.73. The van der Waals surface area contributed by atoms with Gasteiger partial charge in [0.2, 0.25) is 11.8 Å². The predicted octanol–water partition coefficient (Wildman–Crippen LogP) is 4.82. The van der Waals surface area contributed by atoms with Gasteiger partial charge in [0.25, 0.3) is 0 Å². The van der Waals surface area contributed by atoms with E-state index < -0.39 is 17.6 Å². The summed E-state index contributed by atoms with van der Waals surface area (Å²) in [6, 6.07) is 11.4. The summed E-state index contributed by atoms with van der Waals surface area (Å²) in [5, 5.41) is 5.60. The van der Waals surface area contributed by atoms with Crippen molar-refractivity contribution in [3.8, 4) is 11.6 Å². The smallest absolute Gasteiger partial charge is 0.416 e. The molecular formula is C21H19F3N4O2. The molecule has 2 aromatic carbocycles. The van der Waals surface area contributed by atoms with E-state index in [0.717, 1.165) is 17.7 Å². The molecule has 0 aliphatic heterocycles. The summed E-state index contributed by atoms with van der Waals surface area (Å²) in [5.41, 5.74) is 0.770. The molecule has 0 aliphatic carbocycles. The van der Waals surface area contributed by atoms with Crippen LogP contribution in [-0.4, -0.2) is 22.9 Å². The number of benzene rings is 2. The van der Waals surface area contributed by atoms with E-state index in [9.17, 15) is 18.0 Å². The molecule has 0 atom stereocenters. The molecule has 0 spiro atoms. The Balaban J connectivity index is 1.66. The minimum absolute atomic E-state index is 0.171. The Morgan fingerprint density at radius 3 is 2.60 bits per heavy atom. The molecule has 2 N–H and O–H groups in total. The molecular weight excluding hydrogens is 397 g/mol. The Hall–Kier alpha value is -3.62. The first-order chi connectivity index (χ1) is 14.2. The number of hydrogen-bond donors (Lipinski definition) is 2. The molecule has 9 heteroatoms. The zero-order valence-corrected chi connectivity index (χ0v) is 16.2. The topological polar surface area (TPSA) is 76.1 Å². The number of carbonyl (C=O) groups is 1. The molecule has 1 amide bonds. The third-order valence-corrected chi connectivity index (χ3v) is 4.21. The number of nitrogens with zero attached hydrogens (tertiary/aromatic N) is 2. The number of alkyl halides is 3. The summed E-state index contributed by atoms with van der Waals surface area (Å²) in [5.74, 6) is 1.06. The number of carbonyl (C=O) groups excluding carboxylic acids is 1. The molecule has 0 saturated carbocycles. The molecule has 0 radical (unpaired) electrons. The van der Waals surface area contributed by atoms with Gasteiger partial charge in [-0.15, -0.1) is 0 Å². The molecule has 0 unspecified atom stereocenters. The highest BCUT2D eigenvalue weighted by molar-refractivity contribution is 5.93. The van der Waals surface area contributed by atoms with Gasteiger partial charge in [0.05, 0.1) is 12.0 Å². The number of nitrogens with one attached hydrogen (secondary N) is 2. The minimum atomic E-state index is -4.45.